The Balaban J connectivity index is 2.31. The highest BCUT2D eigenvalue weighted by atomic mass is 35.5. The average Bonchev–Trinajstić information content (AvgIpc) is 2.56. The SMILES string of the molecule is [2H]OC(=O)CN([2H])C(=O)c1ncc(-c2cc(Cl)ccc2C)cc1O. The van der Waals surface area contributed by atoms with Gasteiger partial charge in [0.05, 0.1) is 0 Å². The molecule has 0 saturated carbocycles. The number of aliphatic carboxylic acids is 1. The van der Waals surface area contributed by atoms with Crippen LogP contribution in [0.25, 0.3) is 12.6 Å². The van der Waals surface area contributed by atoms with Gasteiger partial charge in [-0.05, 0) is 36.2 Å². The summed E-state index contributed by atoms with van der Waals surface area (Å²) in [6.07, 6.45) is 1.36. The highest BCUT2D eigenvalue weighted by Gasteiger charge is 2.15. The summed E-state index contributed by atoms with van der Waals surface area (Å²) in [5, 5.41) is 14.5. The number of amides is 1. The van der Waals surface area contributed by atoms with Crippen LogP contribution in [0.15, 0.2) is 30.5 Å². The molecular weight excluding hydrogens is 308 g/mol. The Hall–Kier alpha value is -2.60. The minimum atomic E-state index is -1.08. The van der Waals surface area contributed by atoms with Crippen LogP contribution >= 0.6 is 11.6 Å². The highest BCUT2D eigenvalue weighted by Crippen LogP contribution is 2.29. The Bertz CT molecular complexity index is 801. The molecule has 0 spiro atoms. The third-order valence-corrected chi connectivity index (χ3v) is 3.17. The number of rotatable bonds is 4. The quantitative estimate of drug-likeness (QED) is 0.801. The van der Waals surface area contributed by atoms with Crippen LogP contribution in [0.4, 0.5) is 0 Å². The predicted octanol–water partition coefficient (Wildman–Crippen LogP) is 2.23. The van der Waals surface area contributed by atoms with Gasteiger partial charge in [-0.3, -0.25) is 9.59 Å². The van der Waals surface area contributed by atoms with E-state index >= 15 is 0 Å². The van der Waals surface area contributed by atoms with Crippen LogP contribution < -0.4 is 5.31 Å². The molecule has 2 rings (SSSR count). The molecule has 2 aromatic rings. The largest absolute Gasteiger partial charge is 0.505 e. The fourth-order valence-electron chi connectivity index (χ4n) is 1.88. The molecular formula is C15H13ClN2O4. The first-order chi connectivity index (χ1) is 11.3. The Labute approximate surface area is 134 Å². The Morgan fingerprint density at radius 3 is 2.91 bits per heavy atom. The molecule has 1 aromatic carbocycles. The molecule has 7 heteroatoms. The van der Waals surface area contributed by atoms with Crippen LogP contribution in [0, 0.1) is 6.92 Å². The van der Waals surface area contributed by atoms with Gasteiger partial charge in [0, 0.05) is 16.8 Å². The molecule has 0 fully saturated rings. The summed E-state index contributed by atoms with van der Waals surface area (Å²) in [4.78, 5) is 26.8. The Kier molecular flexibility index (Phi) is 3.83. The van der Waals surface area contributed by atoms with Gasteiger partial charge < -0.3 is 15.5 Å². The highest BCUT2D eigenvalue weighted by molar-refractivity contribution is 6.30. The number of carboxylic acid groups (broad SMARTS) is 1. The van der Waals surface area contributed by atoms with Crippen molar-refractivity contribution in [2.45, 2.75) is 6.92 Å². The fraction of sp³-hybridized carbons (Fsp3) is 0.133. The lowest BCUT2D eigenvalue weighted by molar-refractivity contribution is -0.135. The van der Waals surface area contributed by atoms with Crippen LogP contribution in [0.2, 0.25) is 6.43 Å². The van der Waals surface area contributed by atoms with Crippen LogP contribution in [-0.4, -0.2) is 33.6 Å². The van der Waals surface area contributed by atoms with Crippen molar-refractivity contribution in [2.24, 2.45) is 0 Å². The van der Waals surface area contributed by atoms with Gasteiger partial charge in [-0.25, -0.2) is 4.98 Å². The summed E-state index contributed by atoms with van der Waals surface area (Å²) in [6, 6.07) is 6.58. The number of benzene rings is 1. The van der Waals surface area contributed by atoms with E-state index in [-0.39, 0.29) is 11.0 Å². The monoisotopic (exact) mass is 322 g/mol. The molecule has 0 aliphatic heterocycles. The van der Waals surface area contributed by atoms with Gasteiger partial charge in [-0.15, -0.1) is 0 Å². The third kappa shape index (κ3) is 3.53. The second kappa shape index (κ2) is 6.44. The van der Waals surface area contributed by atoms with Crippen molar-refractivity contribution in [2.75, 3.05) is 6.54 Å². The van der Waals surface area contributed by atoms with Gasteiger partial charge in [0.15, 0.2) is 7.11 Å². The molecule has 0 unspecified atom stereocenters. The van der Waals surface area contributed by atoms with Crippen molar-refractivity contribution in [1.82, 2.24) is 10.3 Å². The third-order valence-electron chi connectivity index (χ3n) is 2.93. The van der Waals surface area contributed by atoms with Crippen LogP contribution in [-0.2, 0) is 4.79 Å². The zero-order valence-electron chi connectivity index (χ0n) is 13.5. The maximum absolute atomic E-state index is 12.0. The van der Waals surface area contributed by atoms with E-state index < -0.39 is 24.2 Å². The van der Waals surface area contributed by atoms with Crippen molar-refractivity contribution >= 4 is 23.5 Å². The maximum atomic E-state index is 12.0. The normalized spacial score (nSPS) is 11.4. The van der Waals surface area contributed by atoms with Gasteiger partial charge in [0.2, 0.25) is 0 Å². The number of aryl methyl sites for hydroxylation is 1. The lowest BCUT2D eigenvalue weighted by Gasteiger charge is -2.09. The Morgan fingerprint density at radius 1 is 1.45 bits per heavy atom. The number of hydrogen-bond acceptors (Lipinski definition) is 5. The van der Waals surface area contributed by atoms with Crippen LogP contribution in [0.3, 0.4) is 0 Å². The Morgan fingerprint density at radius 2 is 2.23 bits per heavy atom. The lowest BCUT2D eigenvalue weighted by Crippen LogP contribution is -2.29. The number of aromatic hydroxyl groups is 1. The molecule has 0 bridgehead atoms. The molecule has 1 aromatic heterocycles. The topological polar surface area (TPSA) is 99.5 Å². The fourth-order valence-corrected chi connectivity index (χ4v) is 2.05. The number of carbonyl (C=O) groups is 2. The summed E-state index contributed by atoms with van der Waals surface area (Å²) in [6.45, 7) is 1.11. The van der Waals surface area contributed by atoms with E-state index in [1.54, 1.807) is 12.1 Å². The zero-order chi connectivity index (χ0) is 17.9. The van der Waals surface area contributed by atoms with Crippen molar-refractivity contribution in [3.63, 3.8) is 0 Å². The summed E-state index contributed by atoms with van der Waals surface area (Å²) in [5.41, 5.74) is 1.81. The van der Waals surface area contributed by atoms with Gasteiger partial charge in [0.25, 0.3) is 7.34 Å². The first-order valence-corrected chi connectivity index (χ1v) is 6.63. The van der Waals surface area contributed by atoms with Gasteiger partial charge in [0.1, 0.15) is 12.3 Å². The number of halogens is 1. The molecule has 22 heavy (non-hydrogen) atoms. The molecule has 0 aliphatic rings. The van der Waals surface area contributed by atoms with E-state index in [4.69, 9.17) is 14.4 Å². The molecule has 6 nitrogen and oxygen atoms in total. The molecule has 0 saturated heterocycles. The van der Waals surface area contributed by atoms with Crippen molar-refractivity contribution < 1.29 is 21.2 Å². The number of pyridine rings is 1. The predicted molar refractivity (Wildman–Crippen MR) is 81.1 cm³/mol. The van der Waals surface area contributed by atoms with Gasteiger partial charge in [-0.2, -0.15) is 0 Å². The molecule has 1 amide bonds. The number of nitrogens with zero attached hydrogens (tertiary/aromatic N) is 1. The van der Waals surface area contributed by atoms with E-state index in [1.807, 2.05) is 13.0 Å². The smallest absolute Gasteiger partial charge is 0.322 e. The summed E-state index contributed by atoms with van der Waals surface area (Å²) >= 11 is 5.96. The standard InChI is InChI=1S/C15H13ClN2O4/c1-8-2-3-10(16)5-11(8)9-4-12(19)14(17-6-9)15(22)18-7-13(20)21/h2-6,19H,7H2,1H3,(H,18,22)(H,20,21)/i/hD2. The van der Waals surface area contributed by atoms with E-state index in [0.717, 1.165) is 11.1 Å². The van der Waals surface area contributed by atoms with Crippen molar-refractivity contribution in [3.8, 4) is 16.9 Å². The van der Waals surface area contributed by atoms with Crippen LogP contribution in [0.1, 0.15) is 16.1 Å². The lowest BCUT2D eigenvalue weighted by atomic mass is 10.0. The van der Waals surface area contributed by atoms with Gasteiger partial charge >= 0.3 is 5.97 Å². The number of hydrogen-bond donors (Lipinski definition) is 3. The molecule has 114 valence electrons. The molecule has 3 N–H and O–H groups in total. The second-order valence-corrected chi connectivity index (χ2v) is 4.98. The minimum Gasteiger partial charge on any atom is -0.505 e. The summed E-state index contributed by atoms with van der Waals surface area (Å²) in [7, 11) is 0. The molecule has 0 aliphatic carbocycles. The minimum absolute atomic E-state index is 0.253. The number of carboxylic acids is 1. The van der Waals surface area contributed by atoms with Crippen molar-refractivity contribution in [1.29, 1.82) is 1.43 Å². The first kappa shape index (κ1) is 13.1. The van der Waals surface area contributed by atoms with E-state index in [0.29, 0.717) is 10.6 Å². The molecule has 1 heterocycles. The zero-order valence-corrected chi connectivity index (χ0v) is 12.3. The van der Waals surface area contributed by atoms with Gasteiger partial charge in [-0.1, -0.05) is 17.7 Å². The number of aromatic nitrogens is 1. The second-order valence-electron chi connectivity index (χ2n) is 4.54. The first-order valence-electron chi connectivity index (χ1n) is 7.11. The van der Waals surface area contributed by atoms with E-state index in [1.165, 1.54) is 12.3 Å². The summed E-state index contributed by atoms with van der Waals surface area (Å²) < 4.78 is 13.9. The van der Waals surface area contributed by atoms with E-state index in [9.17, 15) is 14.7 Å². The average molecular weight is 323 g/mol. The van der Waals surface area contributed by atoms with Crippen molar-refractivity contribution in [3.05, 3.63) is 46.7 Å². The summed E-state index contributed by atoms with van der Waals surface area (Å²) in [5.74, 6) is -2.51. The molecule has 0 atom stereocenters. The maximum Gasteiger partial charge on any atom is 0.322 e. The van der Waals surface area contributed by atoms with E-state index in [2.05, 4.69) is 10.1 Å². The number of carbonyl (C=O) groups excluding carboxylic acids is 1. The molecule has 0 radical (unpaired) electrons. The number of nitrogens with one attached hydrogen (secondary N) is 1. The van der Waals surface area contributed by atoms with Crippen LogP contribution in [0.5, 0.6) is 5.75 Å².